The third-order valence-corrected chi connectivity index (χ3v) is 4.59. The van der Waals surface area contributed by atoms with Gasteiger partial charge in [0.05, 0.1) is 31.8 Å². The maximum Gasteiger partial charge on any atom is 0.321 e. The summed E-state index contributed by atoms with van der Waals surface area (Å²) in [6.45, 7) is 0.773. The summed E-state index contributed by atoms with van der Waals surface area (Å²) in [7, 11) is 0. The Morgan fingerprint density at radius 2 is 2.33 bits per heavy atom. The molecule has 0 aliphatic carbocycles. The summed E-state index contributed by atoms with van der Waals surface area (Å²) >= 11 is 6.63. The van der Waals surface area contributed by atoms with E-state index in [0.29, 0.717) is 23.4 Å². The fraction of sp³-hybridized carbons (Fsp3) is 0.417. The van der Waals surface area contributed by atoms with E-state index in [2.05, 4.69) is 0 Å². The van der Waals surface area contributed by atoms with Gasteiger partial charge in [-0.2, -0.15) is 0 Å². The van der Waals surface area contributed by atoms with Crippen LogP contribution in [0.3, 0.4) is 0 Å². The van der Waals surface area contributed by atoms with E-state index >= 15 is 0 Å². The van der Waals surface area contributed by atoms with Crippen LogP contribution < -0.4 is 5.73 Å². The number of hydrogen-bond acceptors (Lipinski definition) is 6. The van der Waals surface area contributed by atoms with Crippen molar-refractivity contribution in [3.63, 3.8) is 0 Å². The zero-order valence-corrected chi connectivity index (χ0v) is 12.7. The lowest BCUT2D eigenvalue weighted by Crippen LogP contribution is -2.52. The number of primary amides is 1. The third-order valence-electron chi connectivity index (χ3n) is 3.01. The summed E-state index contributed by atoms with van der Waals surface area (Å²) in [5.41, 5.74) is 5.12. The smallest absolute Gasteiger partial charge is 0.321 e. The summed E-state index contributed by atoms with van der Waals surface area (Å²) < 4.78 is 5.94. The highest BCUT2D eigenvalue weighted by Gasteiger charge is 2.32. The number of nitrogens with zero attached hydrogens (tertiary/aromatic N) is 2. The molecule has 0 unspecified atom stereocenters. The molecular weight excluding hydrogens is 314 g/mol. The molecule has 114 valence electrons. The molecule has 1 saturated heterocycles. The number of carboxylic acids is 1. The fourth-order valence-electron chi connectivity index (χ4n) is 2.00. The summed E-state index contributed by atoms with van der Waals surface area (Å²) in [5.74, 6) is -0.558. The normalized spacial score (nSPS) is 17.7. The van der Waals surface area contributed by atoms with Crippen LogP contribution in [0.25, 0.3) is 0 Å². The van der Waals surface area contributed by atoms with Crippen molar-refractivity contribution in [3.8, 4) is 0 Å². The molecule has 0 aromatic carbocycles. The van der Waals surface area contributed by atoms with Gasteiger partial charge in [-0.25, -0.2) is 0 Å². The number of nitrogens with two attached hydrogens (primary N) is 1. The second-order valence-electron chi connectivity index (χ2n) is 4.57. The second kappa shape index (κ2) is 6.92. The van der Waals surface area contributed by atoms with Crippen LogP contribution in [0.5, 0.6) is 0 Å². The standard InChI is InChI=1S/C12H15N3O4S2/c13-10(16)4-9(11(17)18)15-6-14(12(20)21-7-15)5-8-2-1-3-19-8/h1-3,9H,4-7H2,(H2,13,16)(H,17,18)/t9-/m1/s1. The number of furan rings is 1. The zero-order valence-electron chi connectivity index (χ0n) is 11.1. The number of rotatable bonds is 6. The average Bonchev–Trinajstić information content (AvgIpc) is 2.91. The van der Waals surface area contributed by atoms with Crippen LogP contribution in [0.1, 0.15) is 12.2 Å². The van der Waals surface area contributed by atoms with Crippen molar-refractivity contribution >= 4 is 40.2 Å². The van der Waals surface area contributed by atoms with Gasteiger partial charge in [-0.1, -0.05) is 24.0 Å². The summed E-state index contributed by atoms with van der Waals surface area (Å²) in [4.78, 5) is 25.8. The first-order valence-electron chi connectivity index (χ1n) is 6.16. The summed E-state index contributed by atoms with van der Waals surface area (Å²) in [6, 6.07) is 2.65. The Bertz CT molecular complexity index is 535. The number of thiocarbonyl (C=S) groups is 1. The molecule has 9 heteroatoms. The molecule has 3 N–H and O–H groups in total. The van der Waals surface area contributed by atoms with Gasteiger partial charge in [-0.3, -0.25) is 14.5 Å². The van der Waals surface area contributed by atoms with Crippen LogP contribution >= 0.6 is 24.0 Å². The van der Waals surface area contributed by atoms with E-state index < -0.39 is 17.9 Å². The SMILES string of the molecule is NC(=O)C[C@H](C(=O)O)N1CSC(=S)N(Cc2ccco2)C1. The van der Waals surface area contributed by atoms with Crippen molar-refractivity contribution in [3.05, 3.63) is 24.2 Å². The monoisotopic (exact) mass is 329 g/mol. The Morgan fingerprint density at radius 1 is 1.57 bits per heavy atom. The van der Waals surface area contributed by atoms with E-state index in [1.165, 1.54) is 11.8 Å². The molecule has 0 bridgehead atoms. The maximum absolute atomic E-state index is 11.3. The molecule has 1 aromatic rings. The molecule has 1 aliphatic rings. The van der Waals surface area contributed by atoms with Gasteiger partial charge in [0, 0.05) is 0 Å². The first kappa shape index (κ1) is 15.8. The average molecular weight is 329 g/mol. The lowest BCUT2D eigenvalue weighted by Gasteiger charge is -2.38. The molecule has 21 heavy (non-hydrogen) atoms. The topological polar surface area (TPSA) is 100 Å². The minimum atomic E-state index is -1.07. The molecule has 1 amide bonds. The van der Waals surface area contributed by atoms with E-state index in [9.17, 15) is 14.7 Å². The molecule has 1 fully saturated rings. The van der Waals surface area contributed by atoms with Gasteiger partial charge in [0.1, 0.15) is 16.1 Å². The molecule has 0 radical (unpaired) electrons. The molecule has 1 atom stereocenters. The van der Waals surface area contributed by atoms with Crippen molar-refractivity contribution in [1.29, 1.82) is 0 Å². The minimum absolute atomic E-state index is 0.225. The summed E-state index contributed by atoms with van der Waals surface area (Å²) in [5, 5.41) is 9.25. The molecule has 2 rings (SSSR count). The van der Waals surface area contributed by atoms with Crippen molar-refractivity contribution < 1.29 is 19.1 Å². The van der Waals surface area contributed by atoms with Crippen molar-refractivity contribution in [1.82, 2.24) is 9.80 Å². The van der Waals surface area contributed by atoms with Crippen LogP contribution in [0.2, 0.25) is 0 Å². The van der Waals surface area contributed by atoms with Gasteiger partial charge in [-0.05, 0) is 12.1 Å². The number of carbonyl (C=O) groups excluding carboxylic acids is 1. The van der Waals surface area contributed by atoms with Gasteiger partial charge >= 0.3 is 5.97 Å². The minimum Gasteiger partial charge on any atom is -0.480 e. The van der Waals surface area contributed by atoms with Crippen LogP contribution in [-0.4, -0.2) is 49.7 Å². The highest BCUT2D eigenvalue weighted by molar-refractivity contribution is 8.22. The molecule has 0 saturated carbocycles. The van der Waals surface area contributed by atoms with Crippen molar-refractivity contribution in [2.24, 2.45) is 5.73 Å². The highest BCUT2D eigenvalue weighted by Crippen LogP contribution is 2.23. The van der Waals surface area contributed by atoms with Gasteiger partial charge in [-0.15, -0.1) is 0 Å². The Balaban J connectivity index is 2.06. The zero-order chi connectivity index (χ0) is 15.4. The van der Waals surface area contributed by atoms with E-state index in [4.69, 9.17) is 22.4 Å². The van der Waals surface area contributed by atoms with Crippen LogP contribution in [0.15, 0.2) is 22.8 Å². The number of thioether (sulfide) groups is 1. The number of carboxylic acid groups (broad SMARTS) is 1. The van der Waals surface area contributed by atoms with E-state index in [1.807, 2.05) is 11.0 Å². The number of carbonyl (C=O) groups is 2. The summed E-state index contributed by atoms with van der Waals surface area (Å²) in [6.07, 6.45) is 1.34. The Kier molecular flexibility index (Phi) is 5.21. The third kappa shape index (κ3) is 4.19. The predicted molar refractivity (Wildman–Crippen MR) is 81.2 cm³/mol. The first-order chi connectivity index (χ1) is 9.97. The lowest BCUT2D eigenvalue weighted by molar-refractivity contribution is -0.145. The van der Waals surface area contributed by atoms with Crippen LogP contribution in [0.4, 0.5) is 0 Å². The van der Waals surface area contributed by atoms with Gasteiger partial charge in [0.25, 0.3) is 0 Å². The lowest BCUT2D eigenvalue weighted by atomic mass is 10.2. The molecule has 1 aliphatic heterocycles. The van der Waals surface area contributed by atoms with E-state index in [-0.39, 0.29) is 6.42 Å². The first-order valence-corrected chi connectivity index (χ1v) is 7.56. The van der Waals surface area contributed by atoms with Gasteiger partial charge in [0.15, 0.2) is 0 Å². The Morgan fingerprint density at radius 3 is 2.90 bits per heavy atom. The number of amides is 1. The quantitative estimate of drug-likeness (QED) is 0.734. The highest BCUT2D eigenvalue weighted by atomic mass is 32.2. The molecule has 1 aromatic heterocycles. The Labute approximate surface area is 131 Å². The van der Waals surface area contributed by atoms with Crippen LogP contribution in [-0.2, 0) is 16.1 Å². The van der Waals surface area contributed by atoms with Crippen molar-refractivity contribution in [2.75, 3.05) is 12.5 Å². The van der Waals surface area contributed by atoms with E-state index in [1.54, 1.807) is 17.2 Å². The maximum atomic E-state index is 11.3. The van der Waals surface area contributed by atoms with Gasteiger partial charge in [0.2, 0.25) is 5.91 Å². The van der Waals surface area contributed by atoms with Crippen LogP contribution in [0, 0.1) is 0 Å². The number of hydrogen-bond donors (Lipinski definition) is 2. The van der Waals surface area contributed by atoms with Gasteiger partial charge < -0.3 is 20.2 Å². The largest absolute Gasteiger partial charge is 0.480 e. The molecule has 0 spiro atoms. The Hall–Kier alpha value is -1.58. The predicted octanol–water partition coefficient (Wildman–Crippen LogP) is 0.659. The molecule has 2 heterocycles. The van der Waals surface area contributed by atoms with Crippen molar-refractivity contribution in [2.45, 2.75) is 19.0 Å². The number of aliphatic carboxylic acids is 1. The van der Waals surface area contributed by atoms with E-state index in [0.717, 1.165) is 5.76 Å². The molecule has 7 nitrogen and oxygen atoms in total. The molecular formula is C12H15N3O4S2. The second-order valence-corrected chi connectivity index (χ2v) is 6.15. The fourth-order valence-corrected chi connectivity index (χ4v) is 3.13.